The Morgan fingerprint density at radius 3 is 2.47 bits per heavy atom. The first kappa shape index (κ1) is 25.2. The molecule has 0 bridgehead atoms. The van der Waals surface area contributed by atoms with Gasteiger partial charge in [-0.2, -0.15) is 4.36 Å². The first-order valence-corrected chi connectivity index (χ1v) is 12.4. The molecule has 0 spiro atoms. The molecule has 7 nitrogen and oxygen atoms in total. The van der Waals surface area contributed by atoms with E-state index in [0.717, 1.165) is 6.20 Å². The number of hydrogen-bond donors (Lipinski definition) is 1. The maximum absolute atomic E-state index is 14.5. The lowest BCUT2D eigenvalue weighted by Gasteiger charge is -2.14. The van der Waals surface area contributed by atoms with Gasteiger partial charge in [0.25, 0.3) is 5.91 Å². The average molecular weight is 489 g/mol. The molecule has 0 aliphatic heterocycles. The molecule has 0 aliphatic carbocycles. The number of rotatable bonds is 6. The minimum atomic E-state index is -2.81. The molecule has 0 fully saturated rings. The molecule has 0 unspecified atom stereocenters. The molecular weight excluding hydrogens is 462 g/mol. The Hall–Kier alpha value is -3.40. The summed E-state index contributed by atoms with van der Waals surface area (Å²) in [6.07, 6.45) is 4.00. The first-order valence-electron chi connectivity index (χ1n) is 10.3. The Morgan fingerprint density at radius 2 is 1.79 bits per heavy atom. The zero-order valence-corrected chi connectivity index (χ0v) is 20.4. The average Bonchev–Trinajstić information content (AvgIpc) is 2.74. The van der Waals surface area contributed by atoms with Crippen molar-refractivity contribution in [3.63, 3.8) is 0 Å². The van der Waals surface area contributed by atoms with Gasteiger partial charge in [0.15, 0.2) is 0 Å². The number of amides is 1. The van der Waals surface area contributed by atoms with Crippen LogP contribution in [0.25, 0.3) is 11.1 Å². The van der Waals surface area contributed by atoms with Crippen molar-refractivity contribution in [2.75, 3.05) is 18.7 Å². The SMILES string of the molecule is COc1cc(F)ccc1-c1cc(Nc2cc(C[S@](C)(=O)=NC(=O)C(C)(C)C)ccn2)ncc1F. The number of hydrogen-bond acceptors (Lipinski definition) is 6. The minimum Gasteiger partial charge on any atom is -0.496 e. The lowest BCUT2D eigenvalue weighted by Crippen LogP contribution is -2.19. The molecule has 0 radical (unpaired) electrons. The number of halogens is 2. The normalized spacial score (nSPS) is 13.1. The van der Waals surface area contributed by atoms with E-state index in [1.54, 1.807) is 32.9 Å². The molecule has 1 aromatic carbocycles. The molecule has 3 aromatic rings. The van der Waals surface area contributed by atoms with Crippen LogP contribution in [0, 0.1) is 17.0 Å². The van der Waals surface area contributed by atoms with Crippen LogP contribution in [-0.4, -0.2) is 33.4 Å². The summed E-state index contributed by atoms with van der Waals surface area (Å²) in [5.74, 6) is -0.621. The number of aromatic nitrogens is 2. The van der Waals surface area contributed by atoms with E-state index in [9.17, 15) is 17.8 Å². The Labute approximate surface area is 197 Å². The van der Waals surface area contributed by atoms with Crippen LogP contribution in [0.4, 0.5) is 20.4 Å². The summed E-state index contributed by atoms with van der Waals surface area (Å²) in [4.78, 5) is 20.4. The van der Waals surface area contributed by atoms with Crippen molar-refractivity contribution in [2.45, 2.75) is 26.5 Å². The maximum Gasteiger partial charge on any atom is 0.259 e. The monoisotopic (exact) mass is 488 g/mol. The van der Waals surface area contributed by atoms with Crippen molar-refractivity contribution in [2.24, 2.45) is 9.78 Å². The standard InChI is InChI=1S/C24H26F2N4O3S/c1-24(2,3)23(31)30-34(5,32)14-15-8-9-27-21(10-15)29-22-12-18(19(26)13-28-22)17-7-6-16(25)11-20(17)33-4/h6-13H,14H2,1-5H3,(H,27,28,29)/t34-/m0/s1. The van der Waals surface area contributed by atoms with Gasteiger partial charge >= 0.3 is 0 Å². The molecule has 2 aromatic heterocycles. The summed E-state index contributed by atoms with van der Waals surface area (Å²) in [6.45, 7) is 5.15. The van der Waals surface area contributed by atoms with Gasteiger partial charge in [-0.05, 0) is 35.9 Å². The first-order chi connectivity index (χ1) is 15.9. The fourth-order valence-electron chi connectivity index (χ4n) is 3.02. The third-order valence-electron chi connectivity index (χ3n) is 4.74. The summed E-state index contributed by atoms with van der Waals surface area (Å²) in [5.41, 5.74) is 0.465. The Morgan fingerprint density at radius 1 is 1.09 bits per heavy atom. The summed E-state index contributed by atoms with van der Waals surface area (Å²) in [6, 6.07) is 8.61. The molecule has 2 heterocycles. The van der Waals surface area contributed by atoms with Crippen LogP contribution in [0.1, 0.15) is 26.3 Å². The van der Waals surface area contributed by atoms with Crippen LogP contribution in [0.2, 0.25) is 0 Å². The van der Waals surface area contributed by atoms with E-state index in [-0.39, 0.29) is 22.9 Å². The van der Waals surface area contributed by atoms with E-state index in [1.807, 2.05) is 0 Å². The van der Waals surface area contributed by atoms with E-state index in [1.165, 1.54) is 43.8 Å². The van der Waals surface area contributed by atoms with Crippen molar-refractivity contribution in [1.82, 2.24) is 9.97 Å². The number of carbonyl (C=O) groups excluding carboxylic acids is 1. The van der Waals surface area contributed by atoms with Gasteiger partial charge in [-0.15, -0.1) is 0 Å². The van der Waals surface area contributed by atoms with E-state index >= 15 is 0 Å². The second kappa shape index (κ2) is 9.84. The highest BCUT2D eigenvalue weighted by Crippen LogP contribution is 2.33. The quantitative estimate of drug-likeness (QED) is 0.503. The lowest BCUT2D eigenvalue weighted by atomic mass is 9.96. The third-order valence-corrected chi connectivity index (χ3v) is 6.16. The summed E-state index contributed by atoms with van der Waals surface area (Å²) < 4.78 is 50.1. The van der Waals surface area contributed by atoms with Gasteiger partial charge < -0.3 is 10.1 Å². The number of methoxy groups -OCH3 is 1. The molecule has 1 atom stereocenters. The molecular formula is C24H26F2N4O3S. The number of anilines is 2. The zero-order valence-electron chi connectivity index (χ0n) is 19.6. The molecule has 0 saturated heterocycles. The third kappa shape index (κ3) is 6.34. The minimum absolute atomic E-state index is 0.0564. The zero-order chi connectivity index (χ0) is 25.1. The van der Waals surface area contributed by atoms with Crippen molar-refractivity contribution in [3.05, 3.63) is 66.0 Å². The van der Waals surface area contributed by atoms with Crippen molar-refractivity contribution in [3.8, 4) is 16.9 Å². The Kier molecular flexibility index (Phi) is 7.30. The van der Waals surface area contributed by atoms with E-state index in [0.29, 0.717) is 16.9 Å². The van der Waals surface area contributed by atoms with Gasteiger partial charge in [0.05, 0.1) is 28.8 Å². The van der Waals surface area contributed by atoms with E-state index in [2.05, 4.69) is 19.6 Å². The number of nitrogens with zero attached hydrogens (tertiary/aromatic N) is 3. The maximum atomic E-state index is 14.5. The topological polar surface area (TPSA) is 93.5 Å². The Balaban J connectivity index is 1.87. The molecule has 10 heteroatoms. The van der Waals surface area contributed by atoms with Crippen LogP contribution in [-0.2, 0) is 20.3 Å². The fraction of sp³-hybridized carbons (Fsp3) is 0.292. The van der Waals surface area contributed by atoms with Crippen molar-refractivity contribution in [1.29, 1.82) is 0 Å². The van der Waals surface area contributed by atoms with Crippen LogP contribution < -0.4 is 10.1 Å². The second-order valence-corrected chi connectivity index (χ2v) is 11.2. The van der Waals surface area contributed by atoms with Gasteiger partial charge in [-0.3, -0.25) is 4.79 Å². The van der Waals surface area contributed by atoms with Crippen LogP contribution in [0.5, 0.6) is 5.75 Å². The van der Waals surface area contributed by atoms with Gasteiger partial charge in [-0.1, -0.05) is 20.8 Å². The van der Waals surface area contributed by atoms with Gasteiger partial charge in [0, 0.05) is 35.1 Å². The molecule has 180 valence electrons. The predicted molar refractivity (Wildman–Crippen MR) is 128 cm³/mol. The van der Waals surface area contributed by atoms with Gasteiger partial charge in [0.1, 0.15) is 29.0 Å². The number of ether oxygens (including phenoxy) is 1. The molecule has 34 heavy (non-hydrogen) atoms. The molecule has 3 rings (SSSR count). The highest BCUT2D eigenvalue weighted by atomic mass is 32.2. The van der Waals surface area contributed by atoms with Crippen LogP contribution >= 0.6 is 0 Å². The fourth-order valence-corrected chi connectivity index (χ4v) is 4.51. The lowest BCUT2D eigenvalue weighted by molar-refractivity contribution is -0.124. The highest BCUT2D eigenvalue weighted by Gasteiger charge is 2.22. The summed E-state index contributed by atoms with van der Waals surface area (Å²) in [7, 11) is -1.43. The second-order valence-electron chi connectivity index (χ2n) is 8.82. The van der Waals surface area contributed by atoms with E-state index < -0.39 is 32.7 Å². The van der Waals surface area contributed by atoms with Crippen molar-refractivity contribution >= 4 is 27.3 Å². The summed E-state index contributed by atoms with van der Waals surface area (Å²) >= 11 is 0. The van der Waals surface area contributed by atoms with E-state index in [4.69, 9.17) is 4.74 Å². The van der Waals surface area contributed by atoms with Gasteiger partial charge in [-0.25, -0.2) is 23.0 Å². The highest BCUT2D eigenvalue weighted by molar-refractivity contribution is 7.92. The largest absolute Gasteiger partial charge is 0.496 e. The number of carbonyl (C=O) groups is 1. The van der Waals surface area contributed by atoms with Gasteiger partial charge in [0.2, 0.25) is 0 Å². The van der Waals surface area contributed by atoms with Crippen molar-refractivity contribution < 1.29 is 22.5 Å². The molecule has 1 amide bonds. The predicted octanol–water partition coefficient (Wildman–Crippen LogP) is 5.34. The molecule has 0 saturated carbocycles. The van der Waals surface area contributed by atoms with Crippen LogP contribution in [0.15, 0.2) is 53.2 Å². The van der Waals surface area contributed by atoms with Crippen LogP contribution in [0.3, 0.4) is 0 Å². The molecule has 1 N–H and O–H groups in total. The number of nitrogens with one attached hydrogen (secondary N) is 1. The molecule has 0 aliphatic rings. The Bertz CT molecular complexity index is 1350. The smallest absolute Gasteiger partial charge is 0.259 e. The summed E-state index contributed by atoms with van der Waals surface area (Å²) in [5, 5.41) is 2.99. The number of pyridine rings is 2. The number of benzene rings is 1.